The van der Waals surface area contributed by atoms with Crippen LogP contribution >= 0.6 is 11.8 Å². The van der Waals surface area contributed by atoms with Gasteiger partial charge in [0.05, 0.1) is 5.69 Å². The van der Waals surface area contributed by atoms with E-state index in [1.807, 2.05) is 28.8 Å². The Labute approximate surface area is 117 Å². The Morgan fingerprint density at radius 3 is 2.89 bits per heavy atom. The second-order valence-electron chi connectivity index (χ2n) is 4.78. The number of hydrogen-bond donors (Lipinski definition) is 2. The van der Waals surface area contributed by atoms with Gasteiger partial charge in [0.15, 0.2) is 0 Å². The number of carbonyl (C=O) groups is 1. The number of rotatable bonds is 3. The summed E-state index contributed by atoms with van der Waals surface area (Å²) in [5, 5.41) is 2.83. The van der Waals surface area contributed by atoms with Gasteiger partial charge in [-0.3, -0.25) is 0 Å². The molecule has 3 rings (SSSR count). The zero-order valence-electron chi connectivity index (χ0n) is 10.8. The molecule has 0 spiro atoms. The summed E-state index contributed by atoms with van der Waals surface area (Å²) in [5.41, 5.74) is 7.87. The number of amides is 2. The van der Waals surface area contributed by atoms with E-state index in [0.29, 0.717) is 0 Å². The standard InChI is InChI=1S/C13H18N4OS/c14-10-1-2-12-11(9-10)16(7-8-19-12)5-6-17-4-3-15-13(17)18/h1-2,9H,3-8,14H2,(H,15,18). The summed E-state index contributed by atoms with van der Waals surface area (Å²) in [7, 11) is 0. The molecule has 3 N–H and O–H groups in total. The Morgan fingerprint density at radius 2 is 2.11 bits per heavy atom. The topological polar surface area (TPSA) is 61.6 Å². The number of nitrogen functional groups attached to an aromatic ring is 1. The van der Waals surface area contributed by atoms with Gasteiger partial charge in [0.2, 0.25) is 0 Å². The summed E-state index contributed by atoms with van der Waals surface area (Å²) >= 11 is 1.87. The maximum Gasteiger partial charge on any atom is 0.317 e. The third kappa shape index (κ3) is 2.58. The summed E-state index contributed by atoms with van der Waals surface area (Å²) in [5.74, 6) is 1.09. The number of benzene rings is 1. The van der Waals surface area contributed by atoms with Gasteiger partial charge in [-0.25, -0.2) is 4.79 Å². The number of anilines is 2. The molecule has 6 heteroatoms. The van der Waals surface area contributed by atoms with Gasteiger partial charge in [-0.15, -0.1) is 11.8 Å². The highest BCUT2D eigenvalue weighted by molar-refractivity contribution is 7.99. The quantitative estimate of drug-likeness (QED) is 0.816. The van der Waals surface area contributed by atoms with Gasteiger partial charge in [-0.1, -0.05) is 0 Å². The molecule has 2 amide bonds. The summed E-state index contributed by atoms with van der Waals surface area (Å²) in [6.45, 7) is 4.22. The van der Waals surface area contributed by atoms with Crippen LogP contribution < -0.4 is 16.0 Å². The molecule has 0 aliphatic carbocycles. The predicted octanol–water partition coefficient (Wildman–Crippen LogP) is 1.21. The molecule has 0 bridgehead atoms. The molecule has 2 heterocycles. The largest absolute Gasteiger partial charge is 0.399 e. The van der Waals surface area contributed by atoms with Crippen LogP contribution in [0.5, 0.6) is 0 Å². The van der Waals surface area contributed by atoms with Gasteiger partial charge in [-0.2, -0.15) is 0 Å². The molecule has 1 fully saturated rings. The second-order valence-corrected chi connectivity index (χ2v) is 5.92. The number of carbonyl (C=O) groups excluding carboxylic acids is 1. The van der Waals surface area contributed by atoms with Crippen molar-refractivity contribution in [1.82, 2.24) is 10.2 Å². The van der Waals surface area contributed by atoms with Crippen LogP contribution in [0.2, 0.25) is 0 Å². The monoisotopic (exact) mass is 278 g/mol. The minimum Gasteiger partial charge on any atom is -0.399 e. The molecule has 0 saturated carbocycles. The lowest BCUT2D eigenvalue weighted by Crippen LogP contribution is -2.39. The van der Waals surface area contributed by atoms with Crippen molar-refractivity contribution in [1.29, 1.82) is 0 Å². The van der Waals surface area contributed by atoms with Gasteiger partial charge in [0, 0.05) is 49.1 Å². The average molecular weight is 278 g/mol. The van der Waals surface area contributed by atoms with E-state index in [9.17, 15) is 4.79 Å². The van der Waals surface area contributed by atoms with Crippen molar-refractivity contribution in [2.24, 2.45) is 0 Å². The molecular weight excluding hydrogens is 260 g/mol. The third-order valence-electron chi connectivity index (χ3n) is 3.53. The molecule has 2 aliphatic heterocycles. The molecule has 1 aromatic carbocycles. The van der Waals surface area contributed by atoms with Gasteiger partial charge in [0.25, 0.3) is 0 Å². The summed E-state index contributed by atoms with van der Waals surface area (Å²) in [6.07, 6.45) is 0. The van der Waals surface area contributed by atoms with Gasteiger partial charge >= 0.3 is 6.03 Å². The van der Waals surface area contributed by atoms with Crippen LogP contribution in [0.3, 0.4) is 0 Å². The summed E-state index contributed by atoms with van der Waals surface area (Å²) < 4.78 is 0. The van der Waals surface area contributed by atoms with Crippen molar-refractivity contribution in [3.63, 3.8) is 0 Å². The number of hydrogen-bond acceptors (Lipinski definition) is 4. The molecule has 5 nitrogen and oxygen atoms in total. The summed E-state index contributed by atoms with van der Waals surface area (Å²) in [6, 6.07) is 6.12. The summed E-state index contributed by atoms with van der Waals surface area (Å²) in [4.78, 5) is 17.0. The van der Waals surface area contributed by atoms with Crippen molar-refractivity contribution in [3.8, 4) is 0 Å². The van der Waals surface area contributed by atoms with Crippen molar-refractivity contribution in [2.45, 2.75) is 4.90 Å². The van der Waals surface area contributed by atoms with E-state index in [1.54, 1.807) is 0 Å². The van der Waals surface area contributed by atoms with Crippen LogP contribution in [-0.4, -0.2) is 49.4 Å². The molecule has 102 valence electrons. The van der Waals surface area contributed by atoms with Crippen LogP contribution in [0.15, 0.2) is 23.1 Å². The molecule has 0 atom stereocenters. The first-order chi connectivity index (χ1) is 9.24. The van der Waals surface area contributed by atoms with Crippen LogP contribution in [0.1, 0.15) is 0 Å². The molecule has 0 unspecified atom stereocenters. The number of nitrogens with one attached hydrogen (secondary N) is 1. The van der Waals surface area contributed by atoms with Crippen molar-refractivity contribution >= 4 is 29.2 Å². The molecule has 1 aromatic rings. The SMILES string of the molecule is Nc1ccc2c(c1)N(CCN1CCNC1=O)CCS2. The number of nitrogens with zero attached hydrogens (tertiary/aromatic N) is 2. The van der Waals surface area contributed by atoms with E-state index in [1.165, 1.54) is 10.6 Å². The Balaban J connectivity index is 1.69. The van der Waals surface area contributed by atoms with Crippen LogP contribution in [0.25, 0.3) is 0 Å². The Morgan fingerprint density at radius 1 is 1.26 bits per heavy atom. The number of urea groups is 1. The third-order valence-corrected chi connectivity index (χ3v) is 4.57. The fraction of sp³-hybridized carbons (Fsp3) is 0.462. The predicted molar refractivity (Wildman–Crippen MR) is 78.8 cm³/mol. The molecular formula is C13H18N4OS. The zero-order chi connectivity index (χ0) is 13.2. The molecule has 0 aromatic heterocycles. The minimum atomic E-state index is 0.0548. The Bertz CT molecular complexity index is 494. The van der Waals surface area contributed by atoms with E-state index in [0.717, 1.165) is 44.2 Å². The maximum absolute atomic E-state index is 11.5. The second kappa shape index (κ2) is 5.21. The molecule has 0 radical (unpaired) electrons. The first-order valence-electron chi connectivity index (χ1n) is 6.54. The van der Waals surface area contributed by atoms with E-state index in [2.05, 4.69) is 16.3 Å². The number of fused-ring (bicyclic) bond motifs is 1. The zero-order valence-corrected chi connectivity index (χ0v) is 11.6. The van der Waals surface area contributed by atoms with Gasteiger partial charge in [0.1, 0.15) is 0 Å². The van der Waals surface area contributed by atoms with Crippen molar-refractivity contribution < 1.29 is 4.79 Å². The number of thioether (sulfide) groups is 1. The fourth-order valence-electron chi connectivity index (χ4n) is 2.49. The Kier molecular flexibility index (Phi) is 3.42. The smallest absolute Gasteiger partial charge is 0.317 e. The highest BCUT2D eigenvalue weighted by Crippen LogP contribution is 2.35. The first kappa shape index (κ1) is 12.5. The van der Waals surface area contributed by atoms with E-state index >= 15 is 0 Å². The lowest BCUT2D eigenvalue weighted by atomic mass is 10.2. The van der Waals surface area contributed by atoms with Crippen molar-refractivity contribution in [3.05, 3.63) is 18.2 Å². The van der Waals surface area contributed by atoms with Crippen LogP contribution in [0.4, 0.5) is 16.2 Å². The minimum absolute atomic E-state index is 0.0548. The van der Waals surface area contributed by atoms with E-state index in [-0.39, 0.29) is 6.03 Å². The average Bonchev–Trinajstić information content (AvgIpc) is 2.82. The highest BCUT2D eigenvalue weighted by atomic mass is 32.2. The van der Waals surface area contributed by atoms with Crippen LogP contribution in [0, 0.1) is 0 Å². The van der Waals surface area contributed by atoms with Gasteiger partial charge < -0.3 is 20.9 Å². The molecule has 1 saturated heterocycles. The van der Waals surface area contributed by atoms with E-state index < -0.39 is 0 Å². The fourth-order valence-corrected chi connectivity index (χ4v) is 3.52. The molecule has 2 aliphatic rings. The first-order valence-corrected chi connectivity index (χ1v) is 7.52. The highest BCUT2D eigenvalue weighted by Gasteiger charge is 2.22. The maximum atomic E-state index is 11.5. The normalized spacial score (nSPS) is 18.4. The lowest BCUT2D eigenvalue weighted by molar-refractivity contribution is 0.218. The molecule has 19 heavy (non-hydrogen) atoms. The van der Waals surface area contributed by atoms with E-state index in [4.69, 9.17) is 5.73 Å². The van der Waals surface area contributed by atoms with Gasteiger partial charge in [-0.05, 0) is 18.2 Å². The van der Waals surface area contributed by atoms with Crippen molar-refractivity contribution in [2.75, 3.05) is 49.1 Å². The number of nitrogens with two attached hydrogens (primary N) is 1. The lowest BCUT2D eigenvalue weighted by Gasteiger charge is -2.32. The van der Waals surface area contributed by atoms with Crippen LogP contribution in [-0.2, 0) is 0 Å². The Hall–Kier alpha value is -1.56.